The Labute approximate surface area is 151 Å². The molecule has 0 saturated carbocycles. The summed E-state index contributed by atoms with van der Waals surface area (Å²) in [6, 6.07) is 14.7. The van der Waals surface area contributed by atoms with Crippen molar-refractivity contribution in [2.75, 3.05) is 19.6 Å². The van der Waals surface area contributed by atoms with Gasteiger partial charge in [-0.05, 0) is 87.1 Å². The average molecular weight is 358 g/mol. The van der Waals surface area contributed by atoms with Crippen LogP contribution >= 0.6 is 0 Å². The Balaban J connectivity index is 1.82. The number of benzene rings is 2. The zero-order valence-corrected chi connectivity index (χ0v) is 15.9. The van der Waals surface area contributed by atoms with Crippen LogP contribution in [0.4, 0.5) is 0 Å². The average Bonchev–Trinajstić information content (AvgIpc) is 2.63. The van der Waals surface area contributed by atoms with Crippen LogP contribution in [0.25, 0.3) is 0 Å². The number of rotatable bonds is 5. The second kappa shape index (κ2) is 7.71. The Morgan fingerprint density at radius 2 is 1.64 bits per heavy atom. The first-order chi connectivity index (χ1) is 12.0. The van der Waals surface area contributed by atoms with E-state index in [2.05, 4.69) is 17.9 Å². The Kier molecular flexibility index (Phi) is 5.60. The van der Waals surface area contributed by atoms with Gasteiger partial charge in [-0.2, -0.15) is 0 Å². The molecule has 0 radical (unpaired) electrons. The van der Waals surface area contributed by atoms with Crippen LogP contribution in [0.1, 0.15) is 43.2 Å². The van der Waals surface area contributed by atoms with Gasteiger partial charge < -0.3 is 4.90 Å². The lowest BCUT2D eigenvalue weighted by Crippen LogP contribution is -2.33. The third-order valence-electron chi connectivity index (χ3n) is 5.07. The minimum Gasteiger partial charge on any atom is -0.303 e. The first kappa shape index (κ1) is 18.2. The monoisotopic (exact) mass is 357 g/mol. The predicted octanol–water partition coefficient (Wildman–Crippen LogP) is 4.42. The van der Waals surface area contributed by atoms with Crippen LogP contribution in [-0.4, -0.2) is 33.0 Å². The van der Waals surface area contributed by atoms with Crippen molar-refractivity contribution in [1.29, 1.82) is 0 Å². The van der Waals surface area contributed by atoms with E-state index in [0.717, 1.165) is 43.6 Å². The van der Waals surface area contributed by atoms with Gasteiger partial charge in [-0.3, -0.25) is 0 Å². The molecule has 1 heterocycles. The van der Waals surface area contributed by atoms with E-state index in [1.54, 1.807) is 24.3 Å². The molecule has 0 aromatic heterocycles. The van der Waals surface area contributed by atoms with Crippen molar-refractivity contribution in [3.63, 3.8) is 0 Å². The Bertz CT molecular complexity index is 821. The Morgan fingerprint density at radius 3 is 2.28 bits per heavy atom. The summed E-state index contributed by atoms with van der Waals surface area (Å²) in [6.07, 6.45) is 3.40. The molecule has 1 saturated heterocycles. The molecular formula is C21H27NO2S. The predicted molar refractivity (Wildman–Crippen MR) is 102 cm³/mol. The number of sulfone groups is 1. The molecule has 0 aliphatic carbocycles. The van der Waals surface area contributed by atoms with Gasteiger partial charge in [-0.15, -0.1) is 0 Å². The molecule has 25 heavy (non-hydrogen) atoms. The molecule has 134 valence electrons. The van der Waals surface area contributed by atoms with E-state index < -0.39 is 9.84 Å². The molecule has 0 spiro atoms. The maximum atomic E-state index is 13.0. The SMILES string of the molecule is CCCN1CCC(c2cccc(S(=O)(=O)c3cccc(C)c3)c2)CC1. The fourth-order valence-corrected chi connectivity index (χ4v) is 5.08. The molecule has 2 aromatic rings. The van der Waals surface area contributed by atoms with Gasteiger partial charge in [0.2, 0.25) is 9.84 Å². The van der Waals surface area contributed by atoms with E-state index >= 15 is 0 Å². The maximum absolute atomic E-state index is 13.0. The minimum atomic E-state index is -3.45. The molecule has 3 rings (SSSR count). The van der Waals surface area contributed by atoms with Crippen LogP contribution in [0.5, 0.6) is 0 Å². The highest BCUT2D eigenvalue weighted by Crippen LogP contribution is 2.31. The van der Waals surface area contributed by atoms with Gasteiger partial charge in [0, 0.05) is 0 Å². The normalized spacial score (nSPS) is 16.9. The molecule has 0 amide bonds. The first-order valence-electron chi connectivity index (χ1n) is 9.15. The van der Waals surface area contributed by atoms with Crippen LogP contribution in [0.2, 0.25) is 0 Å². The Morgan fingerprint density at radius 1 is 1.00 bits per heavy atom. The summed E-state index contributed by atoms with van der Waals surface area (Å²) in [5.41, 5.74) is 2.12. The highest BCUT2D eigenvalue weighted by atomic mass is 32.2. The number of nitrogens with zero attached hydrogens (tertiary/aromatic N) is 1. The molecule has 3 nitrogen and oxygen atoms in total. The zero-order valence-electron chi connectivity index (χ0n) is 15.1. The van der Waals surface area contributed by atoms with Gasteiger partial charge in [0.05, 0.1) is 9.79 Å². The second-order valence-corrected chi connectivity index (χ2v) is 8.96. The smallest absolute Gasteiger partial charge is 0.206 e. The van der Waals surface area contributed by atoms with E-state index in [1.807, 2.05) is 25.1 Å². The van der Waals surface area contributed by atoms with Gasteiger partial charge in [0.1, 0.15) is 0 Å². The van der Waals surface area contributed by atoms with Crippen molar-refractivity contribution in [3.8, 4) is 0 Å². The quantitative estimate of drug-likeness (QED) is 0.795. The van der Waals surface area contributed by atoms with E-state index in [1.165, 1.54) is 6.42 Å². The molecular weight excluding hydrogens is 330 g/mol. The van der Waals surface area contributed by atoms with E-state index in [0.29, 0.717) is 15.7 Å². The number of piperidine rings is 1. The van der Waals surface area contributed by atoms with Crippen LogP contribution in [0.3, 0.4) is 0 Å². The minimum absolute atomic E-state index is 0.377. The van der Waals surface area contributed by atoms with Crippen molar-refractivity contribution < 1.29 is 8.42 Å². The number of hydrogen-bond donors (Lipinski definition) is 0. The lowest BCUT2D eigenvalue weighted by Gasteiger charge is -2.32. The molecule has 0 atom stereocenters. The molecule has 4 heteroatoms. The standard InChI is InChI=1S/C21H27NO2S/c1-3-12-22-13-10-18(11-14-22)19-7-5-9-21(16-19)25(23,24)20-8-4-6-17(2)15-20/h4-9,15-16,18H,3,10-14H2,1-2H3. The summed E-state index contributed by atoms with van der Waals surface area (Å²) in [5, 5.41) is 0. The van der Waals surface area contributed by atoms with Crippen LogP contribution < -0.4 is 0 Å². The summed E-state index contributed by atoms with van der Waals surface area (Å²) < 4.78 is 25.9. The van der Waals surface area contributed by atoms with Crippen LogP contribution in [-0.2, 0) is 9.84 Å². The van der Waals surface area contributed by atoms with Crippen molar-refractivity contribution in [2.24, 2.45) is 0 Å². The maximum Gasteiger partial charge on any atom is 0.206 e. The van der Waals surface area contributed by atoms with Gasteiger partial charge in [0.25, 0.3) is 0 Å². The van der Waals surface area contributed by atoms with Gasteiger partial charge in [0.15, 0.2) is 0 Å². The summed E-state index contributed by atoms with van der Waals surface area (Å²) in [7, 11) is -3.45. The van der Waals surface area contributed by atoms with Gasteiger partial charge >= 0.3 is 0 Å². The second-order valence-electron chi connectivity index (χ2n) is 7.01. The highest BCUT2D eigenvalue weighted by Gasteiger charge is 2.23. The van der Waals surface area contributed by atoms with Gasteiger partial charge in [-0.1, -0.05) is 31.2 Å². The zero-order chi connectivity index (χ0) is 17.9. The molecule has 0 bridgehead atoms. The number of likely N-dealkylation sites (tertiary alicyclic amines) is 1. The van der Waals surface area contributed by atoms with Crippen molar-refractivity contribution >= 4 is 9.84 Å². The van der Waals surface area contributed by atoms with Crippen molar-refractivity contribution in [3.05, 3.63) is 59.7 Å². The molecule has 0 unspecified atom stereocenters. The van der Waals surface area contributed by atoms with Crippen LogP contribution in [0, 0.1) is 6.92 Å². The third kappa shape index (κ3) is 4.13. The molecule has 1 aliphatic rings. The lowest BCUT2D eigenvalue weighted by molar-refractivity contribution is 0.212. The summed E-state index contributed by atoms with van der Waals surface area (Å²) in [6.45, 7) is 7.50. The largest absolute Gasteiger partial charge is 0.303 e. The third-order valence-corrected chi connectivity index (χ3v) is 6.82. The van der Waals surface area contributed by atoms with Gasteiger partial charge in [-0.25, -0.2) is 8.42 Å². The van der Waals surface area contributed by atoms with Crippen molar-refractivity contribution in [1.82, 2.24) is 4.90 Å². The fraction of sp³-hybridized carbons (Fsp3) is 0.429. The number of hydrogen-bond acceptors (Lipinski definition) is 3. The molecule has 1 aliphatic heterocycles. The Hall–Kier alpha value is -1.65. The molecule has 0 N–H and O–H groups in total. The fourth-order valence-electron chi connectivity index (χ4n) is 3.66. The highest BCUT2D eigenvalue weighted by molar-refractivity contribution is 7.91. The van der Waals surface area contributed by atoms with E-state index in [-0.39, 0.29) is 0 Å². The summed E-state index contributed by atoms with van der Waals surface area (Å²) >= 11 is 0. The van der Waals surface area contributed by atoms with E-state index in [9.17, 15) is 8.42 Å². The lowest BCUT2D eigenvalue weighted by atomic mass is 9.89. The molecule has 1 fully saturated rings. The van der Waals surface area contributed by atoms with Crippen molar-refractivity contribution in [2.45, 2.75) is 48.8 Å². The van der Waals surface area contributed by atoms with Crippen LogP contribution in [0.15, 0.2) is 58.3 Å². The molecule has 2 aromatic carbocycles. The number of aryl methyl sites for hydroxylation is 1. The summed E-state index contributed by atoms with van der Waals surface area (Å²) in [5.74, 6) is 0.459. The first-order valence-corrected chi connectivity index (χ1v) is 10.6. The topological polar surface area (TPSA) is 37.4 Å². The van der Waals surface area contributed by atoms with E-state index in [4.69, 9.17) is 0 Å². The summed E-state index contributed by atoms with van der Waals surface area (Å²) in [4.78, 5) is 3.29.